The Morgan fingerprint density at radius 3 is 2.63 bits per heavy atom. The van der Waals surface area contributed by atoms with Crippen molar-refractivity contribution < 1.29 is 12.8 Å². The minimum atomic E-state index is -3.55. The maximum absolute atomic E-state index is 13.4. The van der Waals surface area contributed by atoms with Gasteiger partial charge in [-0.1, -0.05) is 13.8 Å². The number of rotatable bonds is 3. The van der Waals surface area contributed by atoms with E-state index in [1.807, 2.05) is 13.8 Å². The molecule has 106 valence electrons. The van der Waals surface area contributed by atoms with E-state index < -0.39 is 15.8 Å². The Morgan fingerprint density at radius 2 is 2.11 bits per heavy atom. The molecule has 0 amide bonds. The first kappa shape index (κ1) is 14.4. The Kier molecular flexibility index (Phi) is 3.68. The fourth-order valence-electron chi connectivity index (χ4n) is 2.29. The van der Waals surface area contributed by atoms with Crippen LogP contribution in [0.2, 0.25) is 0 Å². The third-order valence-electron chi connectivity index (χ3n) is 3.52. The molecule has 1 heterocycles. The van der Waals surface area contributed by atoms with Gasteiger partial charge in [-0.2, -0.15) is 4.31 Å². The van der Waals surface area contributed by atoms with Crippen LogP contribution >= 0.6 is 0 Å². The van der Waals surface area contributed by atoms with Gasteiger partial charge in [0.05, 0.1) is 4.90 Å². The molecular weight excluding hydrogens is 267 g/mol. The third kappa shape index (κ3) is 2.80. The minimum absolute atomic E-state index is 0.0101. The molecule has 0 spiro atoms. The van der Waals surface area contributed by atoms with Gasteiger partial charge < -0.3 is 5.73 Å². The summed E-state index contributed by atoms with van der Waals surface area (Å²) in [6, 6.07) is 3.79. The zero-order valence-corrected chi connectivity index (χ0v) is 12.0. The fourth-order valence-corrected chi connectivity index (χ4v) is 3.97. The van der Waals surface area contributed by atoms with Gasteiger partial charge in [0.15, 0.2) is 0 Å². The number of hydrogen-bond donors (Lipinski definition) is 1. The van der Waals surface area contributed by atoms with Crippen LogP contribution < -0.4 is 5.73 Å². The van der Waals surface area contributed by atoms with Gasteiger partial charge in [0.2, 0.25) is 10.0 Å². The summed E-state index contributed by atoms with van der Waals surface area (Å²) in [6.45, 7) is 5.06. The summed E-state index contributed by atoms with van der Waals surface area (Å²) in [5, 5.41) is 0. The molecule has 1 aliphatic rings. The second-order valence-corrected chi connectivity index (χ2v) is 7.65. The highest BCUT2D eigenvalue weighted by molar-refractivity contribution is 7.89. The SMILES string of the molecule is CC1(C)CCN(S(=O)(=O)c2ccc(F)c(CN)c2)C1. The van der Waals surface area contributed by atoms with Crippen molar-refractivity contribution in [1.29, 1.82) is 0 Å². The predicted octanol–water partition coefficient (Wildman–Crippen LogP) is 1.71. The quantitative estimate of drug-likeness (QED) is 0.920. The van der Waals surface area contributed by atoms with Crippen LogP contribution in [-0.4, -0.2) is 25.8 Å². The Balaban J connectivity index is 2.35. The molecule has 4 nitrogen and oxygen atoms in total. The number of nitrogens with zero attached hydrogens (tertiary/aromatic N) is 1. The maximum atomic E-state index is 13.4. The number of benzene rings is 1. The first-order chi connectivity index (χ1) is 8.76. The van der Waals surface area contributed by atoms with E-state index in [1.54, 1.807) is 0 Å². The molecule has 2 N–H and O–H groups in total. The zero-order chi connectivity index (χ0) is 14.3. The number of halogens is 1. The molecule has 0 saturated carbocycles. The lowest BCUT2D eigenvalue weighted by atomic mass is 9.93. The number of sulfonamides is 1. The van der Waals surface area contributed by atoms with Gasteiger partial charge in [-0.3, -0.25) is 0 Å². The fraction of sp³-hybridized carbons (Fsp3) is 0.538. The van der Waals surface area contributed by atoms with E-state index in [0.717, 1.165) is 12.5 Å². The molecule has 2 rings (SSSR count). The van der Waals surface area contributed by atoms with Gasteiger partial charge in [0.1, 0.15) is 5.82 Å². The van der Waals surface area contributed by atoms with Gasteiger partial charge in [0.25, 0.3) is 0 Å². The predicted molar refractivity (Wildman–Crippen MR) is 71.4 cm³/mol. The van der Waals surface area contributed by atoms with Crippen molar-refractivity contribution in [3.63, 3.8) is 0 Å². The van der Waals surface area contributed by atoms with E-state index in [1.165, 1.54) is 16.4 Å². The molecule has 1 saturated heterocycles. The van der Waals surface area contributed by atoms with Gasteiger partial charge >= 0.3 is 0 Å². The van der Waals surface area contributed by atoms with E-state index >= 15 is 0 Å². The second kappa shape index (κ2) is 4.85. The van der Waals surface area contributed by atoms with Crippen molar-refractivity contribution >= 4 is 10.0 Å². The lowest BCUT2D eigenvalue weighted by Crippen LogP contribution is -2.30. The van der Waals surface area contributed by atoms with Crippen LogP contribution in [0.15, 0.2) is 23.1 Å². The van der Waals surface area contributed by atoms with Crippen molar-refractivity contribution in [2.24, 2.45) is 11.1 Å². The van der Waals surface area contributed by atoms with E-state index in [4.69, 9.17) is 5.73 Å². The summed E-state index contributed by atoms with van der Waals surface area (Å²) in [7, 11) is -3.55. The van der Waals surface area contributed by atoms with E-state index in [0.29, 0.717) is 13.1 Å². The summed E-state index contributed by atoms with van der Waals surface area (Å²) in [5.41, 5.74) is 5.62. The molecule has 1 fully saturated rings. The normalized spacial score (nSPS) is 19.8. The smallest absolute Gasteiger partial charge is 0.243 e. The monoisotopic (exact) mass is 286 g/mol. The third-order valence-corrected chi connectivity index (χ3v) is 5.36. The lowest BCUT2D eigenvalue weighted by Gasteiger charge is -2.20. The van der Waals surface area contributed by atoms with Crippen molar-refractivity contribution in [2.45, 2.75) is 31.7 Å². The summed E-state index contributed by atoms with van der Waals surface area (Å²) in [5.74, 6) is -0.469. The first-order valence-electron chi connectivity index (χ1n) is 6.25. The molecule has 0 atom stereocenters. The van der Waals surface area contributed by atoms with E-state index in [9.17, 15) is 12.8 Å². The van der Waals surface area contributed by atoms with Crippen LogP contribution in [0.3, 0.4) is 0 Å². The summed E-state index contributed by atoms with van der Waals surface area (Å²) in [6.07, 6.45) is 0.831. The minimum Gasteiger partial charge on any atom is -0.326 e. The van der Waals surface area contributed by atoms with E-state index in [-0.39, 0.29) is 22.4 Å². The molecular formula is C13H19FN2O2S. The molecule has 0 unspecified atom stereocenters. The van der Waals surface area contributed by atoms with Crippen molar-refractivity contribution in [1.82, 2.24) is 4.31 Å². The average Bonchev–Trinajstić information content (AvgIpc) is 2.70. The number of nitrogens with two attached hydrogens (primary N) is 1. The first-order valence-corrected chi connectivity index (χ1v) is 7.69. The second-order valence-electron chi connectivity index (χ2n) is 5.71. The van der Waals surface area contributed by atoms with Crippen LogP contribution in [0.4, 0.5) is 4.39 Å². The molecule has 6 heteroatoms. The molecule has 1 aromatic rings. The van der Waals surface area contributed by atoms with Crippen LogP contribution in [0.25, 0.3) is 0 Å². The van der Waals surface area contributed by atoms with Crippen molar-refractivity contribution in [3.8, 4) is 0 Å². The Hall–Kier alpha value is -0.980. The standard InChI is InChI=1S/C13H19FN2O2S/c1-13(2)5-6-16(9-13)19(17,18)11-3-4-12(14)10(7-11)8-15/h3-4,7H,5-6,8-9,15H2,1-2H3. The van der Waals surface area contributed by atoms with Gasteiger partial charge in [0, 0.05) is 25.2 Å². The highest BCUT2D eigenvalue weighted by Gasteiger charge is 2.36. The lowest BCUT2D eigenvalue weighted by molar-refractivity contribution is 0.375. The molecule has 0 aromatic heterocycles. The largest absolute Gasteiger partial charge is 0.326 e. The van der Waals surface area contributed by atoms with Crippen LogP contribution in [0, 0.1) is 11.2 Å². The van der Waals surface area contributed by atoms with E-state index in [2.05, 4.69) is 0 Å². The van der Waals surface area contributed by atoms with Crippen LogP contribution in [0.5, 0.6) is 0 Å². The Labute approximate surface area is 113 Å². The topological polar surface area (TPSA) is 63.4 Å². The highest BCUT2D eigenvalue weighted by atomic mass is 32.2. The molecule has 19 heavy (non-hydrogen) atoms. The maximum Gasteiger partial charge on any atom is 0.243 e. The van der Waals surface area contributed by atoms with Crippen molar-refractivity contribution in [3.05, 3.63) is 29.6 Å². The molecule has 0 bridgehead atoms. The highest BCUT2D eigenvalue weighted by Crippen LogP contribution is 2.32. The number of hydrogen-bond acceptors (Lipinski definition) is 3. The molecule has 0 radical (unpaired) electrons. The summed E-state index contributed by atoms with van der Waals surface area (Å²) >= 11 is 0. The Bertz CT molecular complexity index is 584. The van der Waals surface area contributed by atoms with Gasteiger partial charge in [-0.15, -0.1) is 0 Å². The molecule has 1 aliphatic heterocycles. The van der Waals surface area contributed by atoms with Gasteiger partial charge in [-0.05, 0) is 30.0 Å². The molecule has 0 aliphatic carbocycles. The average molecular weight is 286 g/mol. The zero-order valence-electron chi connectivity index (χ0n) is 11.2. The van der Waals surface area contributed by atoms with Crippen LogP contribution in [-0.2, 0) is 16.6 Å². The molecule has 1 aromatic carbocycles. The van der Waals surface area contributed by atoms with Crippen molar-refractivity contribution in [2.75, 3.05) is 13.1 Å². The summed E-state index contributed by atoms with van der Waals surface area (Å²) in [4.78, 5) is 0.118. The Morgan fingerprint density at radius 1 is 1.42 bits per heavy atom. The van der Waals surface area contributed by atoms with Crippen LogP contribution in [0.1, 0.15) is 25.8 Å². The summed E-state index contributed by atoms with van der Waals surface area (Å²) < 4.78 is 39.8. The van der Waals surface area contributed by atoms with Gasteiger partial charge in [-0.25, -0.2) is 12.8 Å².